The Hall–Kier alpha value is -0.710. The number of aliphatic hydroxyl groups is 3. The molecule has 3 N–H and O–H groups in total. The van der Waals surface area contributed by atoms with Gasteiger partial charge >= 0.3 is 0 Å². The van der Waals surface area contributed by atoms with Gasteiger partial charge in [-0.05, 0) is 116 Å². The van der Waals surface area contributed by atoms with Crippen LogP contribution in [0.4, 0.5) is 0 Å². The minimum absolute atomic E-state index is 0.0255. The first-order chi connectivity index (χ1) is 16.1. The fraction of sp³-hybridized carbons (Fsp3) is 0.903. The standard InChI is InChI=1S/C31H50O4/c1-17(2)19-11-12-31(18(3)32)14-13-29(7)20(24(19)31)9-10-23-28(6)15-22(34)26(35)27(4,5)25(28)21(33)16-30(23,29)8/h19-26,33-35H,1,9-16H2,2-8H3. The van der Waals surface area contributed by atoms with Crippen LogP contribution in [0.1, 0.15) is 99.8 Å². The van der Waals surface area contributed by atoms with Gasteiger partial charge in [0.1, 0.15) is 5.78 Å². The fourth-order valence-corrected chi connectivity index (χ4v) is 12.1. The average molecular weight is 487 g/mol. The van der Waals surface area contributed by atoms with Crippen molar-refractivity contribution in [2.45, 2.75) is 118 Å². The molecule has 198 valence electrons. The van der Waals surface area contributed by atoms with Gasteiger partial charge in [-0.3, -0.25) is 4.79 Å². The molecule has 4 heteroatoms. The maximum atomic E-state index is 13.2. The van der Waals surface area contributed by atoms with E-state index in [1.54, 1.807) is 0 Å². The highest BCUT2D eigenvalue weighted by molar-refractivity contribution is 5.83. The molecule has 0 saturated heterocycles. The molecule has 0 amide bonds. The van der Waals surface area contributed by atoms with Gasteiger partial charge in [0, 0.05) is 5.41 Å². The molecule has 12 atom stereocenters. The number of rotatable bonds is 2. The van der Waals surface area contributed by atoms with Gasteiger partial charge in [-0.25, -0.2) is 0 Å². The summed E-state index contributed by atoms with van der Waals surface area (Å²) in [6.07, 6.45) is 5.46. The van der Waals surface area contributed by atoms with Crippen molar-refractivity contribution in [2.24, 2.45) is 56.7 Å². The monoisotopic (exact) mass is 486 g/mol. The van der Waals surface area contributed by atoms with Crippen LogP contribution in [0.3, 0.4) is 0 Å². The Morgan fingerprint density at radius 1 is 0.829 bits per heavy atom. The zero-order valence-electron chi connectivity index (χ0n) is 23.2. The summed E-state index contributed by atoms with van der Waals surface area (Å²) in [6.45, 7) is 19.7. The molecule has 35 heavy (non-hydrogen) atoms. The van der Waals surface area contributed by atoms with Crippen LogP contribution in [0.5, 0.6) is 0 Å². The van der Waals surface area contributed by atoms with E-state index in [4.69, 9.17) is 0 Å². The highest BCUT2D eigenvalue weighted by Gasteiger charge is 2.73. The highest BCUT2D eigenvalue weighted by Crippen LogP contribution is 2.77. The van der Waals surface area contributed by atoms with Crippen molar-refractivity contribution in [3.05, 3.63) is 12.2 Å². The minimum Gasteiger partial charge on any atom is -0.393 e. The van der Waals surface area contributed by atoms with E-state index in [1.807, 2.05) is 20.8 Å². The summed E-state index contributed by atoms with van der Waals surface area (Å²) < 4.78 is 0. The smallest absolute Gasteiger partial charge is 0.136 e. The molecular weight excluding hydrogens is 436 g/mol. The average Bonchev–Trinajstić information content (AvgIpc) is 3.13. The molecule has 5 fully saturated rings. The summed E-state index contributed by atoms with van der Waals surface area (Å²) in [6, 6.07) is 0. The van der Waals surface area contributed by atoms with Crippen LogP contribution in [0, 0.1) is 56.7 Å². The van der Waals surface area contributed by atoms with E-state index in [0.29, 0.717) is 35.9 Å². The van der Waals surface area contributed by atoms with Gasteiger partial charge in [0.15, 0.2) is 0 Å². The van der Waals surface area contributed by atoms with Crippen molar-refractivity contribution in [3.8, 4) is 0 Å². The number of carbonyl (C=O) groups is 1. The van der Waals surface area contributed by atoms with Crippen LogP contribution in [-0.2, 0) is 4.79 Å². The van der Waals surface area contributed by atoms with Gasteiger partial charge in [-0.2, -0.15) is 0 Å². The predicted molar refractivity (Wildman–Crippen MR) is 138 cm³/mol. The number of aliphatic hydroxyl groups excluding tert-OH is 3. The van der Waals surface area contributed by atoms with E-state index in [-0.39, 0.29) is 27.6 Å². The Bertz CT molecular complexity index is 925. The molecule has 4 nitrogen and oxygen atoms in total. The molecule has 0 aromatic heterocycles. The number of hydrogen-bond donors (Lipinski definition) is 3. The van der Waals surface area contributed by atoms with E-state index < -0.39 is 23.7 Å². The SMILES string of the molecule is C=C(C)C1CCC2(C(C)=O)CCC3(C)C(CCC4C5(C)CC(O)C(O)C(C)(C)C5C(O)CC43C)C12. The molecule has 5 aliphatic rings. The Balaban J connectivity index is 1.61. The third-order valence-corrected chi connectivity index (χ3v) is 13.6. The first kappa shape index (κ1) is 25.9. The topological polar surface area (TPSA) is 77.8 Å². The molecule has 0 heterocycles. The molecule has 12 unspecified atom stereocenters. The maximum absolute atomic E-state index is 13.2. The summed E-state index contributed by atoms with van der Waals surface area (Å²) >= 11 is 0. The summed E-state index contributed by atoms with van der Waals surface area (Å²) in [7, 11) is 0. The molecule has 5 rings (SSSR count). The summed E-state index contributed by atoms with van der Waals surface area (Å²) in [5.41, 5.74) is 0.195. The van der Waals surface area contributed by atoms with Crippen molar-refractivity contribution in [2.75, 3.05) is 0 Å². The number of carbonyl (C=O) groups excluding carboxylic acids is 1. The maximum Gasteiger partial charge on any atom is 0.136 e. The molecule has 0 bridgehead atoms. The van der Waals surface area contributed by atoms with Crippen LogP contribution in [0.15, 0.2) is 12.2 Å². The first-order valence-electron chi connectivity index (χ1n) is 14.3. The number of ketones is 1. The molecule has 0 aliphatic heterocycles. The van der Waals surface area contributed by atoms with E-state index in [0.717, 1.165) is 44.9 Å². The van der Waals surface area contributed by atoms with Crippen molar-refractivity contribution in [3.63, 3.8) is 0 Å². The third kappa shape index (κ3) is 3.00. The lowest BCUT2D eigenvalue weighted by Gasteiger charge is -2.73. The first-order valence-corrected chi connectivity index (χ1v) is 14.3. The Kier molecular flexibility index (Phi) is 5.68. The second-order valence-electron chi connectivity index (χ2n) is 15.1. The van der Waals surface area contributed by atoms with E-state index >= 15 is 0 Å². The van der Waals surface area contributed by atoms with Crippen LogP contribution < -0.4 is 0 Å². The lowest BCUT2D eigenvalue weighted by molar-refractivity contribution is -0.288. The van der Waals surface area contributed by atoms with Gasteiger partial charge in [0.2, 0.25) is 0 Å². The van der Waals surface area contributed by atoms with Crippen molar-refractivity contribution >= 4 is 5.78 Å². The number of fused-ring (bicyclic) bond motifs is 7. The summed E-state index contributed by atoms with van der Waals surface area (Å²) in [4.78, 5) is 13.2. The number of hydrogen-bond acceptors (Lipinski definition) is 4. The quantitative estimate of drug-likeness (QED) is 0.448. The number of allylic oxidation sites excluding steroid dienone is 1. The van der Waals surface area contributed by atoms with Crippen LogP contribution in [0.25, 0.3) is 0 Å². The Labute approximate surface area is 213 Å². The van der Waals surface area contributed by atoms with Gasteiger partial charge in [-0.1, -0.05) is 46.8 Å². The zero-order valence-corrected chi connectivity index (χ0v) is 23.2. The van der Waals surface area contributed by atoms with Crippen LogP contribution in [-0.4, -0.2) is 39.4 Å². The molecule has 0 spiro atoms. The van der Waals surface area contributed by atoms with E-state index in [9.17, 15) is 20.1 Å². The van der Waals surface area contributed by atoms with Crippen LogP contribution in [0.2, 0.25) is 0 Å². The highest BCUT2D eigenvalue weighted by atomic mass is 16.3. The second kappa shape index (κ2) is 7.67. The number of Topliss-reactive ketones (excluding diaryl/α,β-unsaturated/α-hetero) is 1. The lowest BCUT2D eigenvalue weighted by atomic mass is 9.31. The Morgan fingerprint density at radius 3 is 2.09 bits per heavy atom. The zero-order chi connectivity index (χ0) is 25.9. The second-order valence-corrected chi connectivity index (χ2v) is 15.1. The van der Waals surface area contributed by atoms with Crippen LogP contribution >= 0.6 is 0 Å². The van der Waals surface area contributed by atoms with E-state index in [1.165, 1.54) is 5.57 Å². The van der Waals surface area contributed by atoms with Gasteiger partial charge in [0.25, 0.3) is 0 Å². The summed E-state index contributed by atoms with van der Waals surface area (Å²) in [5.74, 6) is 1.92. The lowest BCUT2D eigenvalue weighted by Crippen LogP contribution is -2.71. The molecule has 0 radical (unpaired) electrons. The van der Waals surface area contributed by atoms with Crippen molar-refractivity contribution in [1.82, 2.24) is 0 Å². The Morgan fingerprint density at radius 2 is 1.49 bits per heavy atom. The van der Waals surface area contributed by atoms with E-state index in [2.05, 4.69) is 34.3 Å². The van der Waals surface area contributed by atoms with Crippen molar-refractivity contribution < 1.29 is 20.1 Å². The normalized spacial score (nSPS) is 56.9. The minimum atomic E-state index is -0.813. The summed E-state index contributed by atoms with van der Waals surface area (Å²) in [5, 5.41) is 33.8. The molecule has 0 aromatic carbocycles. The third-order valence-electron chi connectivity index (χ3n) is 13.6. The largest absolute Gasteiger partial charge is 0.393 e. The molecule has 5 aliphatic carbocycles. The molecule has 5 saturated carbocycles. The molecular formula is C31H50O4. The van der Waals surface area contributed by atoms with Gasteiger partial charge < -0.3 is 15.3 Å². The molecule has 0 aromatic rings. The van der Waals surface area contributed by atoms with Gasteiger partial charge in [0.05, 0.1) is 18.3 Å². The van der Waals surface area contributed by atoms with Gasteiger partial charge in [-0.15, -0.1) is 0 Å². The predicted octanol–water partition coefficient (Wildman–Crippen LogP) is 5.54. The fourth-order valence-electron chi connectivity index (χ4n) is 12.1. The van der Waals surface area contributed by atoms with Crippen molar-refractivity contribution in [1.29, 1.82) is 0 Å².